The van der Waals surface area contributed by atoms with Gasteiger partial charge in [-0.1, -0.05) is 0 Å². The normalized spacial score (nSPS) is 24.9. The van der Waals surface area contributed by atoms with Crippen LogP contribution in [-0.2, 0) is 16.0 Å². The molecule has 3 rings (SSSR count). The van der Waals surface area contributed by atoms with Crippen LogP contribution in [0.15, 0.2) is 24.5 Å². The molecule has 1 aromatic rings. The number of carbonyl (C=O) groups excluding carboxylic acids is 3. The Hall–Kier alpha value is -2.44. The fraction of sp³-hybridized carbons (Fsp3) is 0.385. The van der Waals surface area contributed by atoms with Crippen molar-refractivity contribution in [2.24, 2.45) is 0 Å². The number of hydrogen-bond donors (Lipinski definition) is 2. The average molecular weight is 274 g/mol. The first-order valence-corrected chi connectivity index (χ1v) is 6.39. The summed E-state index contributed by atoms with van der Waals surface area (Å²) < 4.78 is 0. The summed E-state index contributed by atoms with van der Waals surface area (Å²) >= 11 is 0. The average Bonchev–Trinajstić information content (AvgIpc) is 2.96. The Labute approximate surface area is 115 Å². The molecule has 0 saturated carbocycles. The quantitative estimate of drug-likeness (QED) is 0.707. The maximum absolute atomic E-state index is 12.2. The maximum Gasteiger partial charge on any atom is 0.322 e. The Morgan fingerprint density at radius 2 is 2.10 bits per heavy atom. The van der Waals surface area contributed by atoms with Crippen LogP contribution < -0.4 is 10.6 Å². The first-order valence-electron chi connectivity index (χ1n) is 6.39. The summed E-state index contributed by atoms with van der Waals surface area (Å²) in [5.41, 5.74) is -0.0591. The molecule has 0 bridgehead atoms. The SMILES string of the molecule is O=C1NC(=O)C2(CCN(C(=O)Cc3ccncc3)C2)N1. The Morgan fingerprint density at radius 1 is 1.35 bits per heavy atom. The minimum absolute atomic E-state index is 0.0537. The standard InChI is InChI=1S/C13H14N4O3/c18-10(7-9-1-4-14-5-2-9)17-6-3-13(8-17)11(19)15-12(20)16-13/h1-2,4-5H,3,6-8H2,(H2,15,16,19,20). The van der Waals surface area contributed by atoms with Crippen LogP contribution in [0.2, 0.25) is 0 Å². The number of imide groups is 1. The third-order valence-electron chi connectivity index (χ3n) is 3.74. The molecule has 7 nitrogen and oxygen atoms in total. The summed E-state index contributed by atoms with van der Waals surface area (Å²) in [5, 5.41) is 4.85. The number of amides is 4. The highest BCUT2D eigenvalue weighted by atomic mass is 16.2. The molecule has 3 heterocycles. The van der Waals surface area contributed by atoms with Crippen molar-refractivity contribution in [1.82, 2.24) is 20.5 Å². The number of hydrogen-bond acceptors (Lipinski definition) is 4. The number of pyridine rings is 1. The smallest absolute Gasteiger partial charge is 0.322 e. The van der Waals surface area contributed by atoms with E-state index in [1.54, 1.807) is 29.4 Å². The largest absolute Gasteiger partial charge is 0.339 e. The van der Waals surface area contributed by atoms with Crippen LogP contribution in [-0.4, -0.2) is 46.4 Å². The van der Waals surface area contributed by atoms with Gasteiger partial charge in [-0.3, -0.25) is 19.9 Å². The number of likely N-dealkylation sites (tertiary alicyclic amines) is 1. The van der Waals surface area contributed by atoms with Gasteiger partial charge in [-0.25, -0.2) is 4.79 Å². The van der Waals surface area contributed by atoms with Gasteiger partial charge in [0.2, 0.25) is 5.91 Å². The second-order valence-corrected chi connectivity index (χ2v) is 5.09. The van der Waals surface area contributed by atoms with E-state index in [1.807, 2.05) is 0 Å². The fourth-order valence-corrected chi connectivity index (χ4v) is 2.63. The minimum Gasteiger partial charge on any atom is -0.339 e. The van der Waals surface area contributed by atoms with E-state index in [-0.39, 0.29) is 24.8 Å². The molecule has 1 aromatic heterocycles. The van der Waals surface area contributed by atoms with Crippen LogP contribution in [0.3, 0.4) is 0 Å². The summed E-state index contributed by atoms with van der Waals surface area (Å²) in [7, 11) is 0. The molecule has 2 aliphatic heterocycles. The third kappa shape index (κ3) is 2.11. The van der Waals surface area contributed by atoms with Gasteiger partial charge in [0.25, 0.3) is 5.91 Å². The summed E-state index contributed by atoms with van der Waals surface area (Å²) in [5.74, 6) is -0.399. The van der Waals surface area contributed by atoms with Gasteiger partial charge in [0, 0.05) is 18.9 Å². The minimum atomic E-state index is -0.939. The van der Waals surface area contributed by atoms with Crippen LogP contribution in [0.25, 0.3) is 0 Å². The molecule has 0 aromatic carbocycles. The number of urea groups is 1. The highest BCUT2D eigenvalue weighted by molar-refractivity contribution is 6.07. The van der Waals surface area contributed by atoms with Crippen molar-refractivity contribution in [2.75, 3.05) is 13.1 Å². The topological polar surface area (TPSA) is 91.4 Å². The monoisotopic (exact) mass is 274 g/mol. The van der Waals surface area contributed by atoms with Crippen LogP contribution in [0.5, 0.6) is 0 Å². The van der Waals surface area contributed by atoms with E-state index in [0.29, 0.717) is 13.0 Å². The highest BCUT2D eigenvalue weighted by Crippen LogP contribution is 2.25. The first-order chi connectivity index (χ1) is 9.59. The zero-order chi connectivity index (χ0) is 14.2. The summed E-state index contributed by atoms with van der Waals surface area (Å²) in [4.78, 5) is 40.7. The molecule has 0 aliphatic carbocycles. The van der Waals surface area contributed by atoms with Crippen LogP contribution in [0.4, 0.5) is 4.79 Å². The lowest BCUT2D eigenvalue weighted by Crippen LogP contribution is -2.49. The molecule has 2 aliphatic rings. The van der Waals surface area contributed by atoms with Crippen molar-refractivity contribution in [3.05, 3.63) is 30.1 Å². The molecule has 1 unspecified atom stereocenters. The zero-order valence-electron chi connectivity index (χ0n) is 10.8. The Bertz CT molecular complexity index is 574. The Kier molecular flexibility index (Phi) is 2.89. The third-order valence-corrected chi connectivity index (χ3v) is 3.74. The second kappa shape index (κ2) is 4.59. The number of nitrogens with zero attached hydrogens (tertiary/aromatic N) is 2. The van der Waals surface area contributed by atoms with Crippen molar-refractivity contribution in [1.29, 1.82) is 0 Å². The summed E-state index contributed by atoms with van der Waals surface area (Å²) in [6, 6.07) is 3.08. The van der Waals surface area contributed by atoms with E-state index in [4.69, 9.17) is 0 Å². The van der Waals surface area contributed by atoms with E-state index in [1.165, 1.54) is 0 Å². The lowest BCUT2D eigenvalue weighted by molar-refractivity contribution is -0.130. The maximum atomic E-state index is 12.2. The van der Waals surface area contributed by atoms with Crippen molar-refractivity contribution < 1.29 is 14.4 Å². The van der Waals surface area contributed by atoms with Gasteiger partial charge in [-0.05, 0) is 24.1 Å². The summed E-state index contributed by atoms with van der Waals surface area (Å²) in [6.45, 7) is 0.701. The van der Waals surface area contributed by atoms with E-state index in [0.717, 1.165) is 5.56 Å². The number of aromatic nitrogens is 1. The number of carbonyl (C=O) groups is 3. The molecule has 1 atom stereocenters. The molecule has 104 valence electrons. The first kappa shape index (κ1) is 12.6. The molecule has 4 amide bonds. The van der Waals surface area contributed by atoms with Crippen molar-refractivity contribution in [3.63, 3.8) is 0 Å². The van der Waals surface area contributed by atoms with E-state index in [2.05, 4.69) is 15.6 Å². The van der Waals surface area contributed by atoms with Gasteiger partial charge in [-0.2, -0.15) is 0 Å². The molecule has 2 N–H and O–H groups in total. The number of rotatable bonds is 2. The highest BCUT2D eigenvalue weighted by Gasteiger charge is 2.51. The molecule has 0 radical (unpaired) electrons. The summed E-state index contributed by atoms with van der Waals surface area (Å²) in [6.07, 6.45) is 4.00. The van der Waals surface area contributed by atoms with Gasteiger partial charge in [0.1, 0.15) is 5.54 Å². The van der Waals surface area contributed by atoms with Gasteiger partial charge in [0.05, 0.1) is 13.0 Å². The van der Waals surface area contributed by atoms with E-state index in [9.17, 15) is 14.4 Å². The lowest BCUT2D eigenvalue weighted by Gasteiger charge is -2.21. The Balaban J connectivity index is 1.67. The molecule has 1 spiro atoms. The molecular weight excluding hydrogens is 260 g/mol. The van der Waals surface area contributed by atoms with Gasteiger partial charge in [0.15, 0.2) is 0 Å². The zero-order valence-corrected chi connectivity index (χ0v) is 10.8. The predicted octanol–water partition coefficient (Wildman–Crippen LogP) is -0.565. The fourth-order valence-electron chi connectivity index (χ4n) is 2.63. The van der Waals surface area contributed by atoms with Crippen molar-refractivity contribution in [3.8, 4) is 0 Å². The molecular formula is C13H14N4O3. The Morgan fingerprint density at radius 3 is 2.75 bits per heavy atom. The lowest BCUT2D eigenvalue weighted by atomic mass is 9.99. The van der Waals surface area contributed by atoms with Crippen LogP contribution in [0, 0.1) is 0 Å². The number of nitrogens with one attached hydrogen (secondary N) is 2. The molecule has 20 heavy (non-hydrogen) atoms. The van der Waals surface area contributed by atoms with Crippen molar-refractivity contribution >= 4 is 17.8 Å². The predicted molar refractivity (Wildman–Crippen MR) is 68.5 cm³/mol. The van der Waals surface area contributed by atoms with Gasteiger partial charge < -0.3 is 10.2 Å². The van der Waals surface area contributed by atoms with Crippen LogP contribution >= 0.6 is 0 Å². The second-order valence-electron chi connectivity index (χ2n) is 5.09. The van der Waals surface area contributed by atoms with Gasteiger partial charge in [-0.15, -0.1) is 0 Å². The van der Waals surface area contributed by atoms with Crippen molar-refractivity contribution in [2.45, 2.75) is 18.4 Å². The molecule has 2 saturated heterocycles. The van der Waals surface area contributed by atoms with Crippen LogP contribution in [0.1, 0.15) is 12.0 Å². The van der Waals surface area contributed by atoms with Gasteiger partial charge >= 0.3 is 6.03 Å². The van der Waals surface area contributed by atoms with E-state index >= 15 is 0 Å². The van der Waals surface area contributed by atoms with E-state index < -0.39 is 11.6 Å². The molecule has 7 heteroatoms. The molecule has 2 fully saturated rings.